The van der Waals surface area contributed by atoms with Crippen LogP contribution in [0.2, 0.25) is 0 Å². The maximum atomic E-state index is 5.40. The minimum Gasteiger partial charge on any atom is -0.228 e. The van der Waals surface area contributed by atoms with Crippen LogP contribution in [0.15, 0.2) is 206 Å². The van der Waals surface area contributed by atoms with Gasteiger partial charge >= 0.3 is 0 Å². The molecule has 0 saturated carbocycles. The summed E-state index contributed by atoms with van der Waals surface area (Å²) in [4.78, 5) is 10.7. The van der Waals surface area contributed by atoms with Crippen LogP contribution in [0.1, 0.15) is 25.0 Å². The predicted octanol–water partition coefficient (Wildman–Crippen LogP) is 15.1. The summed E-state index contributed by atoms with van der Waals surface area (Å²) < 4.78 is 0. The van der Waals surface area contributed by atoms with E-state index in [1.54, 1.807) is 0 Å². The Kier molecular flexibility index (Phi) is 8.20. The van der Waals surface area contributed by atoms with E-state index >= 15 is 0 Å². The van der Waals surface area contributed by atoms with E-state index in [9.17, 15) is 0 Å². The quantitative estimate of drug-likeness (QED) is 0.169. The second-order valence-electron chi connectivity index (χ2n) is 16.1. The SMILES string of the molecule is CC1(C)c2ccc(-c3ccc(-c4nc(-c5ccccc5)cc(-c5ccc(-c6ccccc6)c(-c6ccccc6)c5)n4)c4ccccc34)cc2-c2c1ccc1ccccc21. The summed E-state index contributed by atoms with van der Waals surface area (Å²) in [6.45, 7) is 4.71. The van der Waals surface area contributed by atoms with Gasteiger partial charge in [0.25, 0.3) is 0 Å². The van der Waals surface area contributed by atoms with Gasteiger partial charge in [-0.05, 0) is 101 Å². The van der Waals surface area contributed by atoms with E-state index in [4.69, 9.17) is 9.97 Å². The van der Waals surface area contributed by atoms with Gasteiger partial charge in [0.05, 0.1) is 11.4 Å². The molecule has 1 heterocycles. The number of hydrogen-bond donors (Lipinski definition) is 0. The van der Waals surface area contributed by atoms with Crippen molar-refractivity contribution in [2.75, 3.05) is 0 Å². The third-order valence-electron chi connectivity index (χ3n) is 12.3. The van der Waals surface area contributed by atoms with Crippen molar-refractivity contribution < 1.29 is 0 Å². The smallest absolute Gasteiger partial charge is 0.161 e. The first-order chi connectivity index (χ1) is 29.0. The molecule has 10 aromatic rings. The van der Waals surface area contributed by atoms with Crippen LogP contribution in [0.4, 0.5) is 0 Å². The highest BCUT2D eigenvalue weighted by Crippen LogP contribution is 2.52. The highest BCUT2D eigenvalue weighted by atomic mass is 14.9. The van der Waals surface area contributed by atoms with Gasteiger partial charge < -0.3 is 0 Å². The number of benzene rings is 9. The van der Waals surface area contributed by atoms with Crippen molar-refractivity contribution in [3.8, 4) is 78.4 Å². The van der Waals surface area contributed by atoms with Crippen LogP contribution in [0.5, 0.6) is 0 Å². The van der Waals surface area contributed by atoms with E-state index in [0.717, 1.165) is 33.5 Å². The van der Waals surface area contributed by atoms with Crippen LogP contribution in [0, 0.1) is 0 Å². The average Bonchev–Trinajstić information content (AvgIpc) is 3.54. The lowest BCUT2D eigenvalue weighted by molar-refractivity contribution is 0.661. The van der Waals surface area contributed by atoms with Gasteiger partial charge in [0.15, 0.2) is 5.82 Å². The molecule has 1 aliphatic carbocycles. The number of hydrogen-bond acceptors (Lipinski definition) is 2. The molecule has 0 bridgehead atoms. The summed E-state index contributed by atoms with van der Waals surface area (Å²) in [7, 11) is 0. The fourth-order valence-corrected chi connectivity index (χ4v) is 9.34. The van der Waals surface area contributed by atoms with Crippen molar-refractivity contribution in [1.82, 2.24) is 9.97 Å². The van der Waals surface area contributed by atoms with E-state index < -0.39 is 0 Å². The van der Waals surface area contributed by atoms with Gasteiger partial charge in [0, 0.05) is 22.1 Å². The summed E-state index contributed by atoms with van der Waals surface area (Å²) >= 11 is 0. The standard InChI is InChI=1S/C57H40N2/c1-57(2)51-32-28-41(34-50(51)55-45-23-13-12-20-39(45)27-33-52(55)57)44-30-31-48(47-25-15-14-24-46(44)47)56-58-53(40-21-10-5-11-22-40)36-54(59-56)42-26-29-43(37-16-6-3-7-17-37)49(35-42)38-18-8-4-9-19-38/h3-36H,1-2H3. The molecule has 11 rings (SSSR count). The lowest BCUT2D eigenvalue weighted by atomic mass is 9.81. The van der Waals surface area contributed by atoms with Crippen LogP contribution >= 0.6 is 0 Å². The number of fused-ring (bicyclic) bond motifs is 6. The van der Waals surface area contributed by atoms with Gasteiger partial charge in [-0.2, -0.15) is 0 Å². The molecule has 2 nitrogen and oxygen atoms in total. The fraction of sp³-hybridized carbons (Fsp3) is 0.0526. The lowest BCUT2D eigenvalue weighted by Gasteiger charge is -2.21. The van der Waals surface area contributed by atoms with Crippen molar-refractivity contribution in [2.24, 2.45) is 0 Å². The molecule has 1 aromatic heterocycles. The molecule has 0 aliphatic heterocycles. The summed E-state index contributed by atoms with van der Waals surface area (Å²) in [5.74, 6) is 0.702. The maximum Gasteiger partial charge on any atom is 0.161 e. The molecule has 0 unspecified atom stereocenters. The number of nitrogens with zero attached hydrogens (tertiary/aromatic N) is 2. The summed E-state index contributed by atoms with van der Waals surface area (Å²) in [6.07, 6.45) is 0. The molecule has 0 radical (unpaired) electrons. The van der Waals surface area contributed by atoms with Crippen LogP contribution in [0.25, 0.3) is 100.0 Å². The summed E-state index contributed by atoms with van der Waals surface area (Å²) in [5, 5.41) is 4.88. The van der Waals surface area contributed by atoms with Crippen molar-refractivity contribution in [2.45, 2.75) is 19.3 Å². The Labute approximate surface area is 345 Å². The van der Waals surface area contributed by atoms with E-state index in [-0.39, 0.29) is 5.41 Å². The van der Waals surface area contributed by atoms with E-state index in [0.29, 0.717) is 5.82 Å². The third-order valence-corrected chi connectivity index (χ3v) is 12.3. The van der Waals surface area contributed by atoms with E-state index in [2.05, 4.69) is 214 Å². The fourth-order valence-electron chi connectivity index (χ4n) is 9.34. The Morgan fingerprint density at radius 3 is 1.54 bits per heavy atom. The van der Waals surface area contributed by atoms with Crippen LogP contribution < -0.4 is 0 Å². The third kappa shape index (κ3) is 5.87. The largest absolute Gasteiger partial charge is 0.228 e. The highest BCUT2D eigenvalue weighted by Gasteiger charge is 2.36. The van der Waals surface area contributed by atoms with Crippen LogP contribution in [-0.2, 0) is 5.41 Å². The molecular formula is C57H40N2. The molecule has 9 aromatic carbocycles. The van der Waals surface area contributed by atoms with Crippen LogP contribution in [0.3, 0.4) is 0 Å². The van der Waals surface area contributed by atoms with Gasteiger partial charge in [0.2, 0.25) is 0 Å². The number of aromatic nitrogens is 2. The molecule has 0 spiro atoms. The van der Waals surface area contributed by atoms with Crippen molar-refractivity contribution in [1.29, 1.82) is 0 Å². The van der Waals surface area contributed by atoms with Crippen LogP contribution in [-0.4, -0.2) is 9.97 Å². The first-order valence-electron chi connectivity index (χ1n) is 20.4. The first kappa shape index (κ1) is 34.8. The lowest BCUT2D eigenvalue weighted by Crippen LogP contribution is -2.14. The number of rotatable bonds is 6. The normalized spacial score (nSPS) is 12.7. The zero-order valence-corrected chi connectivity index (χ0v) is 33.0. The minimum atomic E-state index is -0.0816. The Hall–Kier alpha value is -7.42. The van der Waals surface area contributed by atoms with Gasteiger partial charge in [0.1, 0.15) is 0 Å². The molecule has 2 heteroatoms. The first-order valence-corrected chi connectivity index (χ1v) is 20.4. The van der Waals surface area contributed by atoms with Gasteiger partial charge in [-0.15, -0.1) is 0 Å². The van der Waals surface area contributed by atoms with Gasteiger partial charge in [-0.1, -0.05) is 196 Å². The van der Waals surface area contributed by atoms with Crippen molar-refractivity contribution in [3.05, 3.63) is 217 Å². The topological polar surface area (TPSA) is 25.8 Å². The Balaban J connectivity index is 1.08. The Morgan fingerprint density at radius 2 is 0.831 bits per heavy atom. The molecule has 0 atom stereocenters. The second-order valence-corrected chi connectivity index (χ2v) is 16.1. The molecule has 0 fully saturated rings. The highest BCUT2D eigenvalue weighted by molar-refractivity contribution is 6.07. The van der Waals surface area contributed by atoms with Gasteiger partial charge in [-0.3, -0.25) is 0 Å². The monoisotopic (exact) mass is 752 g/mol. The molecule has 1 aliphatic rings. The van der Waals surface area contributed by atoms with Gasteiger partial charge in [-0.25, -0.2) is 9.97 Å². The zero-order valence-electron chi connectivity index (χ0n) is 33.0. The molecule has 278 valence electrons. The maximum absolute atomic E-state index is 5.40. The van der Waals surface area contributed by atoms with Crippen molar-refractivity contribution in [3.63, 3.8) is 0 Å². The predicted molar refractivity (Wildman–Crippen MR) is 247 cm³/mol. The van der Waals surface area contributed by atoms with Crippen molar-refractivity contribution >= 4 is 21.5 Å². The molecular weight excluding hydrogens is 713 g/mol. The summed E-state index contributed by atoms with van der Waals surface area (Å²) in [6, 6.07) is 74.3. The van der Waals surface area contributed by atoms with E-state index in [1.165, 1.54) is 71.8 Å². The summed E-state index contributed by atoms with van der Waals surface area (Å²) in [5.41, 5.74) is 17.3. The Bertz CT molecular complexity index is 3220. The molecule has 0 N–H and O–H groups in total. The average molecular weight is 753 g/mol. The molecule has 0 saturated heterocycles. The Morgan fingerprint density at radius 1 is 0.322 bits per heavy atom. The molecule has 0 amide bonds. The minimum absolute atomic E-state index is 0.0816. The van der Waals surface area contributed by atoms with E-state index in [1.807, 2.05) is 6.07 Å². The second kappa shape index (κ2) is 13.9. The zero-order chi connectivity index (χ0) is 39.5. The molecule has 59 heavy (non-hydrogen) atoms.